The lowest BCUT2D eigenvalue weighted by molar-refractivity contribution is 0.335. The molecule has 84 valence electrons. The van der Waals surface area contributed by atoms with E-state index < -0.39 is 0 Å². The second-order valence-corrected chi connectivity index (χ2v) is 4.08. The Hall–Kier alpha value is -0.940. The summed E-state index contributed by atoms with van der Waals surface area (Å²) in [6.07, 6.45) is 4.46. The minimum atomic E-state index is 0.810. The number of aryl methyl sites for hydroxylation is 1. The van der Waals surface area contributed by atoms with Crippen molar-refractivity contribution in [3.63, 3.8) is 0 Å². The number of aromatic nitrogens is 3. The minimum Gasteiger partial charge on any atom is -0.320 e. The molecule has 2 rings (SSSR count). The Morgan fingerprint density at radius 2 is 2.20 bits per heavy atom. The number of hydrogen-bond acceptors (Lipinski definition) is 4. The van der Waals surface area contributed by atoms with Crippen LogP contribution >= 0.6 is 0 Å². The summed E-state index contributed by atoms with van der Waals surface area (Å²) in [4.78, 5) is 2.50. The van der Waals surface area contributed by atoms with Crippen LogP contribution in [0.4, 0.5) is 0 Å². The van der Waals surface area contributed by atoms with E-state index in [1.807, 2.05) is 11.6 Å². The van der Waals surface area contributed by atoms with Crippen LogP contribution in [0, 0.1) is 0 Å². The highest BCUT2D eigenvalue weighted by atomic mass is 15.3. The molecule has 0 unspecified atom stereocenters. The molecule has 0 atom stereocenters. The van der Waals surface area contributed by atoms with Crippen molar-refractivity contribution in [2.24, 2.45) is 7.05 Å². The van der Waals surface area contributed by atoms with Crippen molar-refractivity contribution in [1.29, 1.82) is 0 Å². The molecule has 1 aliphatic rings. The van der Waals surface area contributed by atoms with Gasteiger partial charge in [0.25, 0.3) is 0 Å². The first-order valence-electron chi connectivity index (χ1n) is 5.62. The summed E-state index contributed by atoms with van der Waals surface area (Å²) in [6, 6.07) is 0. The van der Waals surface area contributed by atoms with E-state index in [4.69, 9.17) is 0 Å². The van der Waals surface area contributed by atoms with Gasteiger partial charge in [0, 0.05) is 20.1 Å². The highest BCUT2D eigenvalue weighted by Gasteiger charge is 2.10. The summed E-state index contributed by atoms with van der Waals surface area (Å²) in [6.45, 7) is 5.53. The largest absolute Gasteiger partial charge is 0.320 e. The predicted octanol–water partition coefficient (Wildman–Crippen LogP) is 0.000500. The lowest BCUT2D eigenvalue weighted by atomic mass is 10.4. The Kier molecular flexibility index (Phi) is 3.69. The fourth-order valence-corrected chi connectivity index (χ4v) is 1.91. The molecule has 0 aliphatic carbocycles. The molecule has 0 spiro atoms. The lowest BCUT2D eigenvalue weighted by Crippen LogP contribution is -2.30. The van der Waals surface area contributed by atoms with Crippen molar-refractivity contribution in [3.8, 4) is 0 Å². The fraction of sp³-hybridized carbons (Fsp3) is 0.800. The average Bonchev–Trinajstić information content (AvgIpc) is 2.85. The van der Waals surface area contributed by atoms with Gasteiger partial charge < -0.3 is 14.8 Å². The van der Waals surface area contributed by atoms with E-state index >= 15 is 0 Å². The van der Waals surface area contributed by atoms with Crippen LogP contribution in [0.15, 0.2) is 6.33 Å². The van der Waals surface area contributed by atoms with Gasteiger partial charge in [0.05, 0.1) is 6.54 Å². The molecule has 2 heterocycles. The SMILES string of the molecule is Cn1cnnc1CNCCN1CCCC1. The van der Waals surface area contributed by atoms with Crippen LogP contribution in [0.25, 0.3) is 0 Å². The number of hydrogen-bond donors (Lipinski definition) is 1. The first-order valence-corrected chi connectivity index (χ1v) is 5.62. The van der Waals surface area contributed by atoms with Gasteiger partial charge in [-0.15, -0.1) is 10.2 Å². The molecule has 1 aromatic heterocycles. The monoisotopic (exact) mass is 209 g/mol. The topological polar surface area (TPSA) is 46.0 Å². The van der Waals surface area contributed by atoms with Gasteiger partial charge in [-0.05, 0) is 25.9 Å². The third kappa shape index (κ3) is 3.00. The molecule has 1 fully saturated rings. The van der Waals surface area contributed by atoms with Crippen molar-refractivity contribution < 1.29 is 0 Å². The quantitative estimate of drug-likeness (QED) is 0.693. The summed E-state index contributed by atoms with van der Waals surface area (Å²) in [5.74, 6) is 0.997. The Balaban J connectivity index is 1.60. The van der Waals surface area contributed by atoms with Crippen molar-refractivity contribution in [2.45, 2.75) is 19.4 Å². The molecule has 0 aromatic carbocycles. The van der Waals surface area contributed by atoms with Gasteiger partial charge in [-0.1, -0.05) is 0 Å². The van der Waals surface area contributed by atoms with Crippen LogP contribution in [0.5, 0.6) is 0 Å². The van der Waals surface area contributed by atoms with Crippen molar-refractivity contribution >= 4 is 0 Å². The van der Waals surface area contributed by atoms with Gasteiger partial charge in [-0.2, -0.15) is 0 Å². The molecule has 1 N–H and O–H groups in total. The maximum Gasteiger partial charge on any atom is 0.146 e. The van der Waals surface area contributed by atoms with Crippen molar-refractivity contribution in [2.75, 3.05) is 26.2 Å². The Bertz CT molecular complexity index is 290. The summed E-state index contributed by atoms with van der Waals surface area (Å²) in [5.41, 5.74) is 0. The molecular formula is C10H19N5. The van der Waals surface area contributed by atoms with E-state index in [1.165, 1.54) is 25.9 Å². The van der Waals surface area contributed by atoms with Gasteiger partial charge >= 0.3 is 0 Å². The molecule has 1 aromatic rings. The number of nitrogens with zero attached hydrogens (tertiary/aromatic N) is 4. The van der Waals surface area contributed by atoms with Gasteiger partial charge in [-0.25, -0.2) is 0 Å². The zero-order chi connectivity index (χ0) is 10.5. The van der Waals surface area contributed by atoms with Crippen LogP contribution in [0.3, 0.4) is 0 Å². The van der Waals surface area contributed by atoms with Gasteiger partial charge in [0.2, 0.25) is 0 Å². The van der Waals surface area contributed by atoms with Crippen molar-refractivity contribution in [1.82, 2.24) is 25.0 Å². The maximum absolute atomic E-state index is 4.02. The molecular weight excluding hydrogens is 190 g/mol. The zero-order valence-corrected chi connectivity index (χ0v) is 9.32. The van der Waals surface area contributed by atoms with Crippen LogP contribution in [-0.4, -0.2) is 45.8 Å². The summed E-state index contributed by atoms with van der Waals surface area (Å²) in [7, 11) is 1.97. The van der Waals surface area contributed by atoms with E-state index in [9.17, 15) is 0 Å². The maximum atomic E-state index is 4.02. The molecule has 15 heavy (non-hydrogen) atoms. The van der Waals surface area contributed by atoms with E-state index in [-0.39, 0.29) is 0 Å². The van der Waals surface area contributed by atoms with Crippen LogP contribution in [0.1, 0.15) is 18.7 Å². The third-order valence-corrected chi connectivity index (χ3v) is 2.89. The van der Waals surface area contributed by atoms with Crippen molar-refractivity contribution in [3.05, 3.63) is 12.2 Å². The molecule has 0 radical (unpaired) electrons. The molecule has 0 amide bonds. The van der Waals surface area contributed by atoms with Gasteiger partial charge in [0.15, 0.2) is 0 Å². The third-order valence-electron chi connectivity index (χ3n) is 2.89. The summed E-state index contributed by atoms with van der Waals surface area (Å²) >= 11 is 0. The second-order valence-electron chi connectivity index (χ2n) is 4.08. The normalized spacial score (nSPS) is 17.4. The van der Waals surface area contributed by atoms with Gasteiger partial charge in [0.1, 0.15) is 12.2 Å². The van der Waals surface area contributed by atoms with Crippen LogP contribution < -0.4 is 5.32 Å². The molecule has 0 saturated carbocycles. The molecule has 1 saturated heterocycles. The smallest absolute Gasteiger partial charge is 0.146 e. The number of likely N-dealkylation sites (tertiary alicyclic amines) is 1. The van der Waals surface area contributed by atoms with Gasteiger partial charge in [-0.3, -0.25) is 0 Å². The molecule has 1 aliphatic heterocycles. The lowest BCUT2D eigenvalue weighted by Gasteiger charge is -2.14. The molecule has 5 nitrogen and oxygen atoms in total. The highest BCUT2D eigenvalue weighted by Crippen LogP contribution is 2.05. The molecule has 0 bridgehead atoms. The average molecular weight is 209 g/mol. The number of rotatable bonds is 5. The first-order chi connectivity index (χ1) is 7.36. The first kappa shape index (κ1) is 10.6. The van der Waals surface area contributed by atoms with E-state index in [0.29, 0.717) is 0 Å². The molecule has 5 heteroatoms. The Labute approximate surface area is 90.5 Å². The number of nitrogens with one attached hydrogen (secondary N) is 1. The second kappa shape index (κ2) is 5.23. The van der Waals surface area contributed by atoms with E-state index in [0.717, 1.165) is 25.5 Å². The van der Waals surface area contributed by atoms with E-state index in [1.54, 1.807) is 6.33 Å². The summed E-state index contributed by atoms with van der Waals surface area (Å²) in [5, 5.41) is 11.3. The zero-order valence-electron chi connectivity index (χ0n) is 9.32. The Morgan fingerprint density at radius 3 is 2.87 bits per heavy atom. The minimum absolute atomic E-state index is 0.810. The van der Waals surface area contributed by atoms with Crippen LogP contribution in [0.2, 0.25) is 0 Å². The highest BCUT2D eigenvalue weighted by molar-refractivity contribution is 4.83. The van der Waals surface area contributed by atoms with Crippen LogP contribution in [-0.2, 0) is 13.6 Å². The fourth-order valence-electron chi connectivity index (χ4n) is 1.91. The predicted molar refractivity (Wildman–Crippen MR) is 58.4 cm³/mol. The Morgan fingerprint density at radius 1 is 1.40 bits per heavy atom. The van der Waals surface area contributed by atoms with E-state index in [2.05, 4.69) is 20.4 Å². The standard InChI is InChI=1S/C10H19N5/c1-14-9-12-13-10(14)8-11-4-7-15-5-2-3-6-15/h9,11H,2-8H2,1H3. The summed E-state index contributed by atoms with van der Waals surface area (Å²) < 4.78 is 1.95.